The first-order valence-electron chi connectivity index (χ1n) is 4.44. The Kier molecular flexibility index (Phi) is 2.77. The standard InChI is InChI=1S/C7H6F4N6/c8-6(9)7(10,11)3-12-4-1-2-5-13-15-16-17(5)14-4/h1-2,6H,3H2,(H,12,14). The lowest BCUT2D eigenvalue weighted by atomic mass is 10.3. The first-order valence-corrected chi connectivity index (χ1v) is 4.44. The molecule has 17 heavy (non-hydrogen) atoms. The molecule has 1 N–H and O–H groups in total. The van der Waals surface area contributed by atoms with Crippen molar-refractivity contribution < 1.29 is 17.6 Å². The number of tetrazole rings is 1. The molecule has 0 saturated carbocycles. The van der Waals surface area contributed by atoms with Crippen molar-refractivity contribution in [3.05, 3.63) is 12.1 Å². The van der Waals surface area contributed by atoms with Crippen molar-refractivity contribution in [1.29, 1.82) is 0 Å². The molecule has 2 heterocycles. The summed E-state index contributed by atoms with van der Waals surface area (Å²) in [5.41, 5.74) is 0.316. The van der Waals surface area contributed by atoms with E-state index < -0.39 is 18.9 Å². The fourth-order valence-corrected chi connectivity index (χ4v) is 1.03. The maximum absolute atomic E-state index is 12.6. The number of halogens is 4. The normalized spacial score (nSPS) is 12.3. The van der Waals surface area contributed by atoms with Crippen molar-refractivity contribution in [3.8, 4) is 0 Å². The van der Waals surface area contributed by atoms with Crippen molar-refractivity contribution >= 4 is 11.5 Å². The molecule has 0 bridgehead atoms. The fraction of sp³-hybridized carbons (Fsp3) is 0.429. The van der Waals surface area contributed by atoms with Gasteiger partial charge in [0, 0.05) is 0 Å². The molecule has 6 nitrogen and oxygen atoms in total. The molecule has 0 aliphatic carbocycles. The molecule has 2 aromatic rings. The summed E-state index contributed by atoms with van der Waals surface area (Å²) in [5, 5.41) is 16.0. The highest BCUT2D eigenvalue weighted by Gasteiger charge is 2.40. The molecule has 0 spiro atoms. The van der Waals surface area contributed by atoms with Crippen LogP contribution in [0.5, 0.6) is 0 Å². The monoisotopic (exact) mass is 250 g/mol. The number of aromatic nitrogens is 5. The largest absolute Gasteiger partial charge is 0.362 e. The summed E-state index contributed by atoms with van der Waals surface area (Å²) in [6.45, 7) is -1.22. The number of fused-ring (bicyclic) bond motifs is 1. The molecule has 0 fully saturated rings. The van der Waals surface area contributed by atoms with Crippen LogP contribution in [0.4, 0.5) is 23.4 Å². The van der Waals surface area contributed by atoms with Crippen LogP contribution in [0.2, 0.25) is 0 Å². The molecule has 0 unspecified atom stereocenters. The Morgan fingerprint density at radius 3 is 2.82 bits per heavy atom. The van der Waals surface area contributed by atoms with Crippen LogP contribution in [0.15, 0.2) is 12.1 Å². The number of nitrogens with zero attached hydrogens (tertiary/aromatic N) is 5. The Balaban J connectivity index is 2.08. The molecular weight excluding hydrogens is 244 g/mol. The summed E-state index contributed by atoms with van der Waals surface area (Å²) in [5.74, 6) is -4.14. The maximum atomic E-state index is 12.6. The molecule has 0 aliphatic rings. The van der Waals surface area contributed by atoms with Gasteiger partial charge in [0.05, 0.1) is 6.54 Å². The lowest BCUT2D eigenvalue weighted by molar-refractivity contribution is -0.117. The molecular formula is C7H6F4N6. The van der Waals surface area contributed by atoms with E-state index in [0.717, 1.165) is 4.63 Å². The minimum absolute atomic E-state index is 0.0230. The van der Waals surface area contributed by atoms with Crippen molar-refractivity contribution in [1.82, 2.24) is 25.3 Å². The highest BCUT2D eigenvalue weighted by molar-refractivity contribution is 5.42. The summed E-state index contributed by atoms with van der Waals surface area (Å²) >= 11 is 0. The van der Waals surface area contributed by atoms with E-state index in [1.165, 1.54) is 12.1 Å². The van der Waals surface area contributed by atoms with Gasteiger partial charge in [-0.15, -0.1) is 14.8 Å². The van der Waals surface area contributed by atoms with E-state index in [4.69, 9.17) is 0 Å². The summed E-state index contributed by atoms with van der Waals surface area (Å²) in [4.78, 5) is 0. The van der Waals surface area contributed by atoms with Gasteiger partial charge in [-0.2, -0.15) is 8.78 Å². The van der Waals surface area contributed by atoms with Gasteiger partial charge in [-0.1, -0.05) is 0 Å². The first-order chi connectivity index (χ1) is 7.99. The second-order valence-electron chi connectivity index (χ2n) is 3.16. The first kappa shape index (κ1) is 11.5. The van der Waals surface area contributed by atoms with E-state index in [1.807, 2.05) is 0 Å². The summed E-state index contributed by atoms with van der Waals surface area (Å²) < 4.78 is 49.9. The summed E-state index contributed by atoms with van der Waals surface area (Å²) in [7, 11) is 0. The summed E-state index contributed by atoms with van der Waals surface area (Å²) in [6.07, 6.45) is -3.73. The minimum Gasteiger partial charge on any atom is -0.362 e. The van der Waals surface area contributed by atoms with Crippen LogP contribution in [0.25, 0.3) is 5.65 Å². The number of anilines is 1. The molecule has 0 radical (unpaired) electrons. The lowest BCUT2D eigenvalue weighted by Crippen LogP contribution is -2.35. The van der Waals surface area contributed by atoms with Crippen LogP contribution >= 0.6 is 0 Å². The third kappa shape index (κ3) is 2.40. The molecule has 0 atom stereocenters. The predicted octanol–water partition coefficient (Wildman–Crippen LogP) is 0.832. The average Bonchev–Trinajstić information content (AvgIpc) is 2.73. The van der Waals surface area contributed by atoms with Crippen molar-refractivity contribution in [2.45, 2.75) is 12.3 Å². The van der Waals surface area contributed by atoms with Crippen LogP contribution in [-0.4, -0.2) is 44.1 Å². The Bertz CT molecular complexity index is 512. The van der Waals surface area contributed by atoms with Crippen LogP contribution in [0.3, 0.4) is 0 Å². The van der Waals surface area contributed by atoms with Crippen molar-refractivity contribution in [2.75, 3.05) is 11.9 Å². The number of alkyl halides is 4. The third-order valence-electron chi connectivity index (χ3n) is 1.89. The van der Waals surface area contributed by atoms with E-state index in [1.54, 1.807) is 0 Å². The molecule has 10 heteroatoms. The van der Waals surface area contributed by atoms with E-state index in [2.05, 4.69) is 25.9 Å². The van der Waals surface area contributed by atoms with Gasteiger partial charge in [-0.05, 0) is 22.6 Å². The predicted molar refractivity (Wildman–Crippen MR) is 48.0 cm³/mol. The van der Waals surface area contributed by atoms with Gasteiger partial charge in [0.2, 0.25) is 0 Å². The Morgan fingerprint density at radius 1 is 1.35 bits per heavy atom. The van der Waals surface area contributed by atoms with Crippen LogP contribution in [0, 0.1) is 0 Å². The van der Waals surface area contributed by atoms with Crippen LogP contribution < -0.4 is 5.32 Å². The van der Waals surface area contributed by atoms with Crippen LogP contribution in [0.1, 0.15) is 0 Å². The van der Waals surface area contributed by atoms with Crippen LogP contribution in [-0.2, 0) is 0 Å². The van der Waals surface area contributed by atoms with Gasteiger partial charge in [0.25, 0.3) is 0 Å². The molecule has 0 aliphatic heterocycles. The lowest BCUT2D eigenvalue weighted by Gasteiger charge is -2.15. The molecule has 0 saturated heterocycles. The molecule has 92 valence electrons. The van der Waals surface area contributed by atoms with Crippen molar-refractivity contribution in [2.24, 2.45) is 0 Å². The van der Waals surface area contributed by atoms with E-state index >= 15 is 0 Å². The van der Waals surface area contributed by atoms with Gasteiger partial charge >= 0.3 is 12.3 Å². The van der Waals surface area contributed by atoms with Gasteiger partial charge < -0.3 is 5.32 Å². The third-order valence-corrected chi connectivity index (χ3v) is 1.89. The Hall–Kier alpha value is -2.00. The number of hydrogen-bond acceptors (Lipinski definition) is 5. The zero-order chi connectivity index (χ0) is 12.5. The topological polar surface area (TPSA) is 68.0 Å². The van der Waals surface area contributed by atoms with Gasteiger partial charge in [-0.3, -0.25) is 0 Å². The average molecular weight is 250 g/mol. The van der Waals surface area contributed by atoms with Gasteiger partial charge in [-0.25, -0.2) is 8.78 Å². The fourth-order valence-electron chi connectivity index (χ4n) is 1.03. The second-order valence-corrected chi connectivity index (χ2v) is 3.16. The zero-order valence-electron chi connectivity index (χ0n) is 8.19. The highest BCUT2D eigenvalue weighted by atomic mass is 19.3. The van der Waals surface area contributed by atoms with E-state index in [-0.39, 0.29) is 5.82 Å². The number of hydrogen-bond donors (Lipinski definition) is 1. The number of nitrogens with one attached hydrogen (secondary N) is 1. The minimum atomic E-state index is -4.11. The molecule has 2 aromatic heterocycles. The molecule has 2 rings (SSSR count). The Labute approximate surface area is 91.6 Å². The zero-order valence-corrected chi connectivity index (χ0v) is 8.19. The molecule has 0 amide bonds. The quantitative estimate of drug-likeness (QED) is 0.814. The number of rotatable bonds is 4. The van der Waals surface area contributed by atoms with Gasteiger partial charge in [0.1, 0.15) is 5.82 Å². The van der Waals surface area contributed by atoms with Gasteiger partial charge in [0.15, 0.2) is 5.65 Å². The van der Waals surface area contributed by atoms with Crippen molar-refractivity contribution in [3.63, 3.8) is 0 Å². The smallest absolute Gasteiger partial charge is 0.324 e. The Morgan fingerprint density at radius 2 is 2.12 bits per heavy atom. The SMILES string of the molecule is FC(F)C(F)(F)CNc1ccc2nnnn2n1. The second kappa shape index (κ2) is 4.11. The summed E-state index contributed by atoms with van der Waals surface area (Å²) in [6, 6.07) is 2.73. The maximum Gasteiger partial charge on any atom is 0.324 e. The highest BCUT2D eigenvalue weighted by Crippen LogP contribution is 2.22. The molecule has 0 aromatic carbocycles. The van der Waals surface area contributed by atoms with E-state index in [0.29, 0.717) is 5.65 Å². The van der Waals surface area contributed by atoms with E-state index in [9.17, 15) is 17.6 Å².